The van der Waals surface area contributed by atoms with E-state index in [0.29, 0.717) is 25.7 Å². The first-order valence-electron chi connectivity index (χ1n) is 14.3. The van der Waals surface area contributed by atoms with E-state index in [1.165, 1.54) is 36.9 Å². The Kier molecular flexibility index (Phi) is 10.0. The summed E-state index contributed by atoms with van der Waals surface area (Å²) in [6.07, 6.45) is 4.34. The number of nitrogens with one attached hydrogen (secondary N) is 1. The molecule has 0 aliphatic heterocycles. The molecule has 0 atom stereocenters. The Morgan fingerprint density at radius 2 is 1.30 bits per heavy atom. The van der Waals surface area contributed by atoms with Crippen molar-refractivity contribution in [2.24, 2.45) is 0 Å². The van der Waals surface area contributed by atoms with Crippen molar-refractivity contribution in [2.75, 3.05) is 32.9 Å². The summed E-state index contributed by atoms with van der Waals surface area (Å²) in [7, 11) is -1.98. The summed E-state index contributed by atoms with van der Waals surface area (Å²) in [5, 5.41) is 2.40. The van der Waals surface area contributed by atoms with E-state index in [9.17, 15) is 41.2 Å². The smallest absolute Gasteiger partial charge is 0.343 e. The van der Waals surface area contributed by atoms with Gasteiger partial charge in [0.05, 0.1) is 36.5 Å². The Bertz CT molecular complexity index is 1930. The van der Waals surface area contributed by atoms with E-state index in [4.69, 9.17) is 4.18 Å². The molecule has 1 aromatic carbocycles. The first-order valence-corrected chi connectivity index (χ1v) is 15.7. The van der Waals surface area contributed by atoms with Crippen molar-refractivity contribution < 1.29 is 45.2 Å². The Hall–Kier alpha value is -4.86. The molecular formula is C31H33F2N3O10S. The maximum Gasteiger partial charge on any atom is 0.343 e. The molecule has 2 saturated carbocycles. The first kappa shape index (κ1) is 35.0. The number of ether oxygens (including phenoxy) is 2. The number of hydrogen-bond acceptors (Lipinski definition) is 10. The highest BCUT2D eigenvalue weighted by molar-refractivity contribution is 7.87. The van der Waals surface area contributed by atoms with E-state index < -0.39 is 69.3 Å². The lowest BCUT2D eigenvalue weighted by Gasteiger charge is -2.17. The number of benzene rings is 1. The molecule has 2 fully saturated rings. The molecule has 2 aromatic heterocycles. The molecule has 2 aliphatic carbocycles. The molecule has 0 radical (unpaired) electrons. The quantitative estimate of drug-likeness (QED) is 0.248. The average molecular weight is 678 g/mol. The number of hydrogen-bond donors (Lipinski definition) is 1. The molecule has 0 unspecified atom stereocenters. The summed E-state index contributed by atoms with van der Waals surface area (Å²) in [4.78, 5) is 59.2. The first-order chi connectivity index (χ1) is 22.2. The van der Waals surface area contributed by atoms with Gasteiger partial charge in [0.1, 0.15) is 23.8 Å². The monoisotopic (exact) mass is 677 g/mol. The Morgan fingerprint density at radius 1 is 0.830 bits per heavy atom. The van der Waals surface area contributed by atoms with E-state index >= 15 is 0 Å². The summed E-state index contributed by atoms with van der Waals surface area (Å²) >= 11 is 0. The second-order valence-corrected chi connectivity index (χ2v) is 12.8. The number of nitrogens with zero attached hydrogens (tertiary/aromatic N) is 2. The lowest BCUT2D eigenvalue weighted by Crippen LogP contribution is -2.33. The number of esters is 2. The number of amides is 1. The zero-order valence-electron chi connectivity index (χ0n) is 26.0. The topological polar surface area (TPSA) is 169 Å². The molecular weight excluding hydrogens is 644 g/mol. The summed E-state index contributed by atoms with van der Waals surface area (Å²) in [6, 6.07) is 7.87. The molecule has 3 aromatic rings. The van der Waals surface area contributed by atoms with E-state index in [-0.39, 0.29) is 21.7 Å². The molecule has 5 rings (SSSR count). The van der Waals surface area contributed by atoms with Gasteiger partial charge in [-0.05, 0) is 44.7 Å². The number of halogens is 2. The van der Waals surface area contributed by atoms with Crippen LogP contribution in [0.15, 0.2) is 63.3 Å². The van der Waals surface area contributed by atoms with E-state index in [1.807, 2.05) is 0 Å². The highest BCUT2D eigenvalue weighted by Gasteiger charge is 2.47. The molecule has 13 nitrogen and oxygen atoms in total. The number of carbonyl (C=O) groups excluding carboxylic acids is 3. The van der Waals surface area contributed by atoms with Crippen molar-refractivity contribution in [1.29, 1.82) is 0 Å². The summed E-state index contributed by atoms with van der Waals surface area (Å²) in [6.45, 7) is 1.61. The maximum atomic E-state index is 13.3. The predicted molar refractivity (Wildman–Crippen MR) is 164 cm³/mol. The third-order valence-electron chi connectivity index (χ3n) is 7.87. The number of aryl methyl sites for hydroxylation is 1. The van der Waals surface area contributed by atoms with Crippen LogP contribution in [0.4, 0.5) is 14.5 Å². The van der Waals surface area contributed by atoms with Gasteiger partial charge in [-0.1, -0.05) is 17.7 Å². The van der Waals surface area contributed by atoms with Gasteiger partial charge in [0.2, 0.25) is 5.91 Å². The van der Waals surface area contributed by atoms with E-state index in [0.717, 1.165) is 35.6 Å². The number of pyridine rings is 2. The van der Waals surface area contributed by atoms with Crippen LogP contribution in [-0.4, -0.2) is 63.0 Å². The maximum absolute atomic E-state index is 13.3. The van der Waals surface area contributed by atoms with Crippen LogP contribution in [0.3, 0.4) is 0 Å². The van der Waals surface area contributed by atoms with Crippen molar-refractivity contribution in [2.45, 2.75) is 55.5 Å². The van der Waals surface area contributed by atoms with E-state index in [1.54, 1.807) is 19.1 Å². The Labute approximate surface area is 268 Å². The van der Waals surface area contributed by atoms with Gasteiger partial charge in [0.25, 0.3) is 11.1 Å². The minimum absolute atomic E-state index is 0.0297. The fourth-order valence-electron chi connectivity index (χ4n) is 4.73. The van der Waals surface area contributed by atoms with Gasteiger partial charge in [-0.2, -0.15) is 8.42 Å². The molecule has 47 heavy (non-hydrogen) atoms. The normalized spacial score (nSPS) is 15.4. The van der Waals surface area contributed by atoms with Crippen LogP contribution in [0.25, 0.3) is 0 Å². The minimum Gasteiger partial charge on any atom is -0.465 e. The SMILES string of the molecule is COC(=O)c1cn(C2(CF)CC2)c(=O)cc1NC(C)=O.COC(=O)c1cn(C2(CF)CC2)c(=O)cc1OS(=O)(=O)c1ccc(C)cc1. The zero-order valence-corrected chi connectivity index (χ0v) is 26.8. The van der Waals surface area contributed by atoms with Crippen LogP contribution in [0.1, 0.15) is 58.9 Å². The molecule has 1 N–H and O–H groups in total. The molecule has 16 heteroatoms. The number of rotatable bonds is 10. The third kappa shape index (κ3) is 7.42. The Morgan fingerprint density at radius 3 is 1.74 bits per heavy atom. The molecule has 1 amide bonds. The van der Waals surface area contributed by atoms with Gasteiger partial charge in [0, 0.05) is 31.5 Å². The third-order valence-corrected chi connectivity index (χ3v) is 9.12. The zero-order chi connectivity index (χ0) is 34.7. The van der Waals surface area contributed by atoms with Crippen LogP contribution in [0.2, 0.25) is 0 Å². The van der Waals surface area contributed by atoms with Crippen LogP contribution in [0, 0.1) is 6.92 Å². The van der Waals surface area contributed by atoms with Crippen molar-refractivity contribution in [1.82, 2.24) is 9.13 Å². The van der Waals surface area contributed by atoms with Crippen LogP contribution in [0.5, 0.6) is 5.75 Å². The number of aromatic nitrogens is 2. The lowest BCUT2D eigenvalue weighted by atomic mass is 10.2. The fraction of sp³-hybridized carbons (Fsp3) is 0.387. The molecule has 0 saturated heterocycles. The van der Waals surface area contributed by atoms with E-state index in [2.05, 4.69) is 14.8 Å². The van der Waals surface area contributed by atoms with Gasteiger partial charge in [-0.3, -0.25) is 14.4 Å². The highest BCUT2D eigenvalue weighted by Crippen LogP contribution is 2.44. The van der Waals surface area contributed by atoms with Gasteiger partial charge in [-0.25, -0.2) is 18.4 Å². The number of carbonyl (C=O) groups is 3. The van der Waals surface area contributed by atoms with Crippen LogP contribution < -0.4 is 20.6 Å². The fourth-order valence-corrected chi connectivity index (χ4v) is 5.67. The largest absolute Gasteiger partial charge is 0.465 e. The van der Waals surface area contributed by atoms with Gasteiger partial charge < -0.3 is 28.1 Å². The van der Waals surface area contributed by atoms with Crippen LogP contribution in [-0.2, 0) is 35.5 Å². The summed E-state index contributed by atoms with van der Waals surface area (Å²) in [5.74, 6) is -2.47. The minimum atomic E-state index is -4.28. The van der Waals surface area contributed by atoms with Gasteiger partial charge in [0.15, 0.2) is 5.75 Å². The average Bonchev–Trinajstić information content (AvgIpc) is 3.97. The standard InChI is InChI=1S/C18H18FNO6S.C13H15FN2O4/c1-12-3-5-13(6-4-12)27(23,24)26-15-9-16(21)20(18(11-19)7-8-18)10-14(15)17(22)25-2;1-8(17)15-10-5-11(18)16(13(7-14)3-4-13)6-9(10)12(19)20-2/h3-6,9-10H,7-8,11H2,1-2H3;5-6H,3-4,7H2,1-2H3,(H,15,17). The highest BCUT2D eigenvalue weighted by atomic mass is 32.2. The number of alkyl halides is 2. The lowest BCUT2D eigenvalue weighted by molar-refractivity contribution is -0.114. The molecule has 0 bridgehead atoms. The van der Waals surface area contributed by atoms with Gasteiger partial charge >= 0.3 is 22.1 Å². The predicted octanol–water partition coefficient (Wildman–Crippen LogP) is 3.22. The van der Waals surface area contributed by atoms with Crippen molar-refractivity contribution >= 4 is 33.7 Å². The Balaban J connectivity index is 0.000000223. The van der Waals surface area contributed by atoms with Crippen LogP contribution >= 0.6 is 0 Å². The molecule has 2 aliphatic rings. The van der Waals surface area contributed by atoms with Gasteiger partial charge in [-0.15, -0.1) is 0 Å². The van der Waals surface area contributed by atoms with Crippen molar-refractivity contribution in [3.8, 4) is 5.75 Å². The second kappa shape index (κ2) is 13.5. The number of anilines is 1. The number of methoxy groups -OCH3 is 2. The van der Waals surface area contributed by atoms with Crippen molar-refractivity contribution in [3.63, 3.8) is 0 Å². The molecule has 252 valence electrons. The molecule has 0 spiro atoms. The summed E-state index contributed by atoms with van der Waals surface area (Å²) < 4.78 is 68.0. The summed E-state index contributed by atoms with van der Waals surface area (Å²) in [5.41, 5.74) is -2.28. The molecule has 2 heterocycles. The van der Waals surface area contributed by atoms with Crippen molar-refractivity contribution in [3.05, 3.63) is 86.2 Å². The second-order valence-electron chi connectivity index (χ2n) is 11.3.